The van der Waals surface area contributed by atoms with Gasteiger partial charge in [0.05, 0.1) is 0 Å². The Kier molecular flexibility index (Phi) is 9.52. The fourth-order valence-electron chi connectivity index (χ4n) is 2.14. The summed E-state index contributed by atoms with van der Waals surface area (Å²) in [5.74, 6) is 0.895. The van der Waals surface area contributed by atoms with E-state index in [4.69, 9.17) is 16.3 Å². The maximum atomic E-state index is 5.87. The Labute approximate surface area is 128 Å². The van der Waals surface area contributed by atoms with Crippen LogP contribution in [0.1, 0.15) is 52.4 Å². The Balaban J connectivity index is 2.32. The maximum Gasteiger partial charge on any atom is 0.119 e. The van der Waals surface area contributed by atoms with Crippen LogP contribution >= 0.6 is 11.6 Å². The third-order valence-corrected chi connectivity index (χ3v) is 3.61. The zero-order chi connectivity index (χ0) is 14.6. The van der Waals surface area contributed by atoms with Gasteiger partial charge in [-0.1, -0.05) is 51.1 Å². The Hall–Kier alpha value is -0.730. The molecule has 0 radical (unpaired) electrons. The molecular weight excluding hydrogens is 270 g/mol. The number of rotatable bonds is 11. The molecule has 0 spiro atoms. The predicted octanol–water partition coefficient (Wildman–Crippen LogP) is 5.06. The van der Waals surface area contributed by atoms with Crippen molar-refractivity contribution in [3.05, 3.63) is 29.3 Å². The molecule has 1 atom stereocenters. The predicted molar refractivity (Wildman–Crippen MR) is 87.8 cm³/mol. The Morgan fingerprint density at radius 2 is 1.80 bits per heavy atom. The van der Waals surface area contributed by atoms with Crippen LogP contribution in [0, 0.1) is 0 Å². The van der Waals surface area contributed by atoms with E-state index in [1.54, 1.807) is 0 Å². The van der Waals surface area contributed by atoms with Crippen LogP contribution in [0.2, 0.25) is 5.02 Å². The normalized spacial score (nSPS) is 12.3. The van der Waals surface area contributed by atoms with Gasteiger partial charge in [-0.05, 0) is 43.7 Å². The first-order valence-corrected chi connectivity index (χ1v) is 8.25. The van der Waals surface area contributed by atoms with Crippen LogP contribution in [0.25, 0.3) is 0 Å². The molecule has 1 aromatic rings. The standard InChI is InChI=1S/C17H28ClNO/c1-3-5-6-7-8-16(19-13-4-2)14-20-17-11-9-15(18)10-12-17/h9-12,16,19H,3-8,13-14H2,1-2H3. The lowest BCUT2D eigenvalue weighted by Crippen LogP contribution is -2.35. The molecule has 0 aromatic heterocycles. The molecule has 0 bridgehead atoms. The average molecular weight is 298 g/mol. The second kappa shape index (κ2) is 11.0. The van der Waals surface area contributed by atoms with Gasteiger partial charge in [0.2, 0.25) is 0 Å². The van der Waals surface area contributed by atoms with Crippen molar-refractivity contribution in [1.29, 1.82) is 0 Å². The Morgan fingerprint density at radius 1 is 1.05 bits per heavy atom. The third kappa shape index (κ3) is 7.76. The van der Waals surface area contributed by atoms with Crippen LogP contribution in [0.5, 0.6) is 5.75 Å². The highest BCUT2D eigenvalue weighted by Crippen LogP contribution is 2.16. The molecule has 1 unspecified atom stereocenters. The summed E-state index contributed by atoms with van der Waals surface area (Å²) >= 11 is 5.87. The van der Waals surface area contributed by atoms with Gasteiger partial charge in [0.1, 0.15) is 12.4 Å². The van der Waals surface area contributed by atoms with Gasteiger partial charge >= 0.3 is 0 Å². The summed E-state index contributed by atoms with van der Waals surface area (Å²) in [5, 5.41) is 4.32. The van der Waals surface area contributed by atoms with E-state index in [0.29, 0.717) is 6.04 Å². The molecule has 0 heterocycles. The molecule has 1 rings (SSSR count). The van der Waals surface area contributed by atoms with E-state index in [1.165, 1.54) is 32.1 Å². The Bertz CT molecular complexity index is 339. The van der Waals surface area contributed by atoms with E-state index >= 15 is 0 Å². The summed E-state index contributed by atoms with van der Waals surface area (Å²) in [7, 11) is 0. The van der Waals surface area contributed by atoms with Crippen molar-refractivity contribution < 1.29 is 4.74 Å². The zero-order valence-corrected chi connectivity index (χ0v) is 13.6. The van der Waals surface area contributed by atoms with Crippen LogP contribution in [0.4, 0.5) is 0 Å². The highest BCUT2D eigenvalue weighted by Gasteiger charge is 2.08. The van der Waals surface area contributed by atoms with Crippen LogP contribution in [-0.4, -0.2) is 19.2 Å². The van der Waals surface area contributed by atoms with E-state index in [-0.39, 0.29) is 0 Å². The van der Waals surface area contributed by atoms with Crippen molar-refractivity contribution >= 4 is 11.6 Å². The minimum absolute atomic E-state index is 0.447. The number of hydrogen-bond acceptors (Lipinski definition) is 2. The molecule has 0 saturated heterocycles. The van der Waals surface area contributed by atoms with E-state index in [9.17, 15) is 0 Å². The summed E-state index contributed by atoms with van der Waals surface area (Å²) < 4.78 is 5.86. The Morgan fingerprint density at radius 3 is 2.45 bits per heavy atom. The summed E-state index contributed by atoms with van der Waals surface area (Å²) in [5.41, 5.74) is 0. The van der Waals surface area contributed by atoms with Gasteiger partial charge in [0, 0.05) is 11.1 Å². The van der Waals surface area contributed by atoms with Crippen molar-refractivity contribution in [2.24, 2.45) is 0 Å². The maximum absolute atomic E-state index is 5.87. The number of nitrogens with one attached hydrogen (secondary N) is 1. The van der Waals surface area contributed by atoms with Crippen LogP contribution in [0.15, 0.2) is 24.3 Å². The number of benzene rings is 1. The van der Waals surface area contributed by atoms with Crippen molar-refractivity contribution in [1.82, 2.24) is 5.32 Å². The van der Waals surface area contributed by atoms with Gasteiger partial charge < -0.3 is 10.1 Å². The second-order valence-corrected chi connectivity index (χ2v) is 5.70. The van der Waals surface area contributed by atoms with Crippen LogP contribution < -0.4 is 10.1 Å². The monoisotopic (exact) mass is 297 g/mol. The molecule has 0 aliphatic rings. The molecule has 1 aromatic carbocycles. The van der Waals surface area contributed by atoms with Gasteiger partial charge in [-0.25, -0.2) is 0 Å². The minimum Gasteiger partial charge on any atom is -0.492 e. The summed E-state index contributed by atoms with van der Waals surface area (Å²) in [6, 6.07) is 8.04. The van der Waals surface area contributed by atoms with Crippen LogP contribution in [0.3, 0.4) is 0 Å². The molecule has 0 amide bonds. The van der Waals surface area contributed by atoms with Gasteiger partial charge in [0.15, 0.2) is 0 Å². The van der Waals surface area contributed by atoms with Gasteiger partial charge in [-0.15, -0.1) is 0 Å². The fourth-order valence-corrected chi connectivity index (χ4v) is 2.26. The molecule has 114 valence electrons. The van der Waals surface area contributed by atoms with Gasteiger partial charge in [0.25, 0.3) is 0 Å². The first-order chi connectivity index (χ1) is 9.76. The summed E-state index contributed by atoms with van der Waals surface area (Å²) in [6.07, 6.45) is 7.56. The topological polar surface area (TPSA) is 21.3 Å². The molecule has 2 nitrogen and oxygen atoms in total. The summed E-state index contributed by atoms with van der Waals surface area (Å²) in [6.45, 7) is 6.23. The molecule has 1 N–H and O–H groups in total. The highest BCUT2D eigenvalue weighted by molar-refractivity contribution is 6.30. The first-order valence-electron chi connectivity index (χ1n) is 7.88. The third-order valence-electron chi connectivity index (χ3n) is 3.35. The molecule has 3 heteroatoms. The molecule has 20 heavy (non-hydrogen) atoms. The van der Waals surface area contributed by atoms with Crippen molar-refractivity contribution in [3.63, 3.8) is 0 Å². The number of hydrogen-bond donors (Lipinski definition) is 1. The van der Waals surface area contributed by atoms with E-state index < -0.39 is 0 Å². The fraction of sp³-hybridized carbons (Fsp3) is 0.647. The average Bonchev–Trinajstić information content (AvgIpc) is 2.47. The zero-order valence-electron chi connectivity index (χ0n) is 12.8. The van der Waals surface area contributed by atoms with Crippen molar-refractivity contribution in [2.45, 2.75) is 58.4 Å². The van der Waals surface area contributed by atoms with Gasteiger partial charge in [-0.3, -0.25) is 0 Å². The lowest BCUT2D eigenvalue weighted by Gasteiger charge is -2.19. The molecule has 0 aliphatic heterocycles. The molecule has 0 fully saturated rings. The van der Waals surface area contributed by atoms with Crippen molar-refractivity contribution in [2.75, 3.05) is 13.2 Å². The first kappa shape index (κ1) is 17.3. The van der Waals surface area contributed by atoms with Crippen LogP contribution in [-0.2, 0) is 0 Å². The minimum atomic E-state index is 0.447. The van der Waals surface area contributed by atoms with E-state index in [1.807, 2.05) is 24.3 Å². The highest BCUT2D eigenvalue weighted by atomic mass is 35.5. The second-order valence-electron chi connectivity index (χ2n) is 5.27. The number of unbranched alkanes of at least 4 members (excludes halogenated alkanes) is 3. The number of halogens is 1. The largest absolute Gasteiger partial charge is 0.492 e. The number of ether oxygens (including phenoxy) is 1. The van der Waals surface area contributed by atoms with E-state index in [0.717, 1.165) is 30.3 Å². The quantitative estimate of drug-likeness (QED) is 0.577. The molecular formula is C17H28ClNO. The molecule has 0 saturated carbocycles. The van der Waals surface area contributed by atoms with Gasteiger partial charge in [-0.2, -0.15) is 0 Å². The van der Waals surface area contributed by atoms with E-state index in [2.05, 4.69) is 19.2 Å². The SMILES string of the molecule is CCCCCCC(COc1ccc(Cl)cc1)NCCC. The lowest BCUT2D eigenvalue weighted by molar-refractivity contribution is 0.253. The molecule has 0 aliphatic carbocycles. The summed E-state index contributed by atoms with van der Waals surface area (Å²) in [4.78, 5) is 0. The smallest absolute Gasteiger partial charge is 0.119 e. The van der Waals surface area contributed by atoms with Crippen molar-refractivity contribution in [3.8, 4) is 5.75 Å². The lowest BCUT2D eigenvalue weighted by atomic mass is 10.1.